The highest BCUT2D eigenvalue weighted by Crippen LogP contribution is 2.31. The summed E-state index contributed by atoms with van der Waals surface area (Å²) in [4.78, 5) is 40.1. The van der Waals surface area contributed by atoms with Crippen LogP contribution >= 0.6 is 0 Å². The first-order valence-corrected chi connectivity index (χ1v) is 14.5. The molecular formula is C32H39N7O3. The van der Waals surface area contributed by atoms with E-state index in [1.807, 2.05) is 86.7 Å². The number of likely N-dealkylation sites (tertiary alicyclic amines) is 1. The molecule has 220 valence electrons. The summed E-state index contributed by atoms with van der Waals surface area (Å²) in [6.45, 7) is 12.9. The van der Waals surface area contributed by atoms with Crippen molar-refractivity contribution >= 4 is 28.5 Å². The average Bonchev–Trinajstić information content (AvgIpc) is 3.35. The minimum atomic E-state index is -0.288. The molecule has 0 radical (unpaired) electrons. The minimum absolute atomic E-state index is 0.0505. The fraction of sp³-hybridized carbons (Fsp3) is 0.406. The predicted octanol–water partition coefficient (Wildman–Crippen LogP) is 5.36. The molecule has 0 saturated carbocycles. The first kappa shape index (κ1) is 29.0. The number of para-hydroxylation sites is 1. The maximum absolute atomic E-state index is 13.6. The molecular weight excluding hydrogens is 530 g/mol. The van der Waals surface area contributed by atoms with Crippen LogP contribution in [0.25, 0.3) is 22.2 Å². The van der Waals surface area contributed by atoms with E-state index < -0.39 is 0 Å². The third-order valence-electron chi connectivity index (χ3n) is 7.93. The molecule has 0 unspecified atom stereocenters. The van der Waals surface area contributed by atoms with Gasteiger partial charge in [0.15, 0.2) is 5.69 Å². The van der Waals surface area contributed by atoms with Gasteiger partial charge in [0.05, 0.1) is 17.3 Å². The third kappa shape index (κ3) is 5.79. The number of urea groups is 1. The van der Waals surface area contributed by atoms with Crippen LogP contribution in [0.2, 0.25) is 0 Å². The second kappa shape index (κ2) is 11.4. The zero-order chi connectivity index (χ0) is 30.2. The summed E-state index contributed by atoms with van der Waals surface area (Å²) in [5.41, 5.74) is 5.59. The van der Waals surface area contributed by atoms with Crippen molar-refractivity contribution in [2.24, 2.45) is 0 Å². The molecule has 1 saturated heterocycles. The number of aryl methyl sites for hydroxylation is 1. The smallest absolute Gasteiger partial charge is 0.317 e. The standard InChI is InChI=1S/C32H39N7O3/c1-7-21-18-22(12-13-24(21)27-19(2)20(3)29(40)36-35-27)33-30(41)28-25-10-8-9-11-26(25)39(37-28)23-14-16-38(17-15-23)31(42)34-32(4,5)6/h8-13,18,23H,7,14-17H2,1-6H3,(H,33,41)(H,34,42)(H,36,40). The summed E-state index contributed by atoms with van der Waals surface area (Å²) in [5, 5.41) is 18.6. The quantitative estimate of drug-likeness (QED) is 0.298. The van der Waals surface area contributed by atoms with E-state index in [0.717, 1.165) is 52.5 Å². The second-order valence-corrected chi connectivity index (χ2v) is 12.0. The van der Waals surface area contributed by atoms with Crippen LogP contribution in [-0.2, 0) is 6.42 Å². The van der Waals surface area contributed by atoms with E-state index in [-0.39, 0.29) is 29.1 Å². The Kier molecular flexibility index (Phi) is 7.90. The zero-order valence-electron chi connectivity index (χ0n) is 25.2. The number of carbonyl (C=O) groups excluding carboxylic acids is 2. The Hall–Kier alpha value is -4.47. The fourth-order valence-electron chi connectivity index (χ4n) is 5.52. The summed E-state index contributed by atoms with van der Waals surface area (Å²) in [6, 6.07) is 13.5. The van der Waals surface area contributed by atoms with E-state index in [9.17, 15) is 14.4 Å². The molecule has 3 heterocycles. The molecule has 0 atom stereocenters. The van der Waals surface area contributed by atoms with Gasteiger partial charge >= 0.3 is 6.03 Å². The number of carbonyl (C=O) groups is 2. The summed E-state index contributed by atoms with van der Waals surface area (Å²) < 4.78 is 1.96. The lowest BCUT2D eigenvalue weighted by Crippen LogP contribution is -2.50. The largest absolute Gasteiger partial charge is 0.333 e. The molecule has 2 aromatic carbocycles. The van der Waals surface area contributed by atoms with E-state index in [1.165, 1.54) is 0 Å². The normalized spacial score (nSPS) is 14.3. The fourth-order valence-corrected chi connectivity index (χ4v) is 5.52. The molecule has 2 aromatic heterocycles. The number of nitrogens with one attached hydrogen (secondary N) is 3. The lowest BCUT2D eigenvalue weighted by Gasteiger charge is -2.34. The number of hydrogen-bond donors (Lipinski definition) is 3. The number of nitrogens with zero attached hydrogens (tertiary/aromatic N) is 4. The zero-order valence-corrected chi connectivity index (χ0v) is 25.2. The molecule has 1 aliphatic rings. The van der Waals surface area contributed by atoms with E-state index in [4.69, 9.17) is 5.10 Å². The van der Waals surface area contributed by atoms with Gasteiger partial charge in [0.25, 0.3) is 11.5 Å². The molecule has 42 heavy (non-hydrogen) atoms. The van der Waals surface area contributed by atoms with Gasteiger partial charge < -0.3 is 15.5 Å². The lowest BCUT2D eigenvalue weighted by atomic mass is 9.97. The number of rotatable bonds is 5. The summed E-state index contributed by atoms with van der Waals surface area (Å²) >= 11 is 0. The minimum Gasteiger partial charge on any atom is -0.333 e. The Morgan fingerprint density at radius 2 is 1.76 bits per heavy atom. The predicted molar refractivity (Wildman–Crippen MR) is 165 cm³/mol. The van der Waals surface area contributed by atoms with Crippen molar-refractivity contribution in [3.05, 3.63) is 75.2 Å². The van der Waals surface area contributed by atoms with Crippen molar-refractivity contribution in [1.29, 1.82) is 0 Å². The van der Waals surface area contributed by atoms with Crippen molar-refractivity contribution < 1.29 is 9.59 Å². The van der Waals surface area contributed by atoms with Gasteiger partial charge in [0.1, 0.15) is 0 Å². The highest BCUT2D eigenvalue weighted by Gasteiger charge is 2.29. The molecule has 0 bridgehead atoms. The number of aromatic amines is 1. The van der Waals surface area contributed by atoms with Gasteiger partial charge in [0.2, 0.25) is 0 Å². The number of piperidine rings is 1. The van der Waals surface area contributed by atoms with Crippen LogP contribution in [0.5, 0.6) is 0 Å². The topological polar surface area (TPSA) is 125 Å². The summed E-state index contributed by atoms with van der Waals surface area (Å²) in [7, 11) is 0. The van der Waals surface area contributed by atoms with Crippen LogP contribution in [0.1, 0.15) is 73.8 Å². The molecule has 10 heteroatoms. The molecule has 0 aliphatic carbocycles. The van der Waals surface area contributed by atoms with Crippen LogP contribution in [0, 0.1) is 13.8 Å². The third-order valence-corrected chi connectivity index (χ3v) is 7.93. The van der Waals surface area contributed by atoms with Crippen molar-refractivity contribution in [2.45, 2.75) is 72.4 Å². The van der Waals surface area contributed by atoms with Crippen molar-refractivity contribution in [2.75, 3.05) is 18.4 Å². The number of aromatic nitrogens is 4. The van der Waals surface area contributed by atoms with Crippen LogP contribution in [0.3, 0.4) is 0 Å². The Labute approximate surface area is 245 Å². The van der Waals surface area contributed by atoms with Gasteiger partial charge in [-0.15, -0.1) is 0 Å². The first-order valence-electron chi connectivity index (χ1n) is 14.5. The molecule has 1 fully saturated rings. The van der Waals surface area contributed by atoms with Crippen LogP contribution < -0.4 is 16.2 Å². The average molecular weight is 570 g/mol. The molecule has 4 aromatic rings. The summed E-state index contributed by atoms with van der Waals surface area (Å²) in [6.07, 6.45) is 2.23. The second-order valence-electron chi connectivity index (χ2n) is 12.0. The number of benzene rings is 2. The molecule has 10 nitrogen and oxygen atoms in total. The molecule has 3 N–H and O–H groups in total. The van der Waals surface area contributed by atoms with E-state index >= 15 is 0 Å². The van der Waals surface area contributed by atoms with Crippen LogP contribution in [0.4, 0.5) is 10.5 Å². The van der Waals surface area contributed by atoms with Gasteiger partial charge in [-0.2, -0.15) is 10.2 Å². The lowest BCUT2D eigenvalue weighted by molar-refractivity contribution is 0.102. The maximum atomic E-state index is 13.6. The Balaban J connectivity index is 1.37. The highest BCUT2D eigenvalue weighted by molar-refractivity contribution is 6.11. The number of hydrogen-bond acceptors (Lipinski definition) is 5. The monoisotopic (exact) mass is 569 g/mol. The summed E-state index contributed by atoms with van der Waals surface area (Å²) in [5.74, 6) is -0.282. The maximum Gasteiger partial charge on any atom is 0.317 e. The molecule has 1 aliphatic heterocycles. The van der Waals surface area contributed by atoms with E-state index in [0.29, 0.717) is 30.0 Å². The van der Waals surface area contributed by atoms with Crippen molar-refractivity contribution in [3.8, 4) is 11.3 Å². The molecule has 3 amide bonds. The highest BCUT2D eigenvalue weighted by atomic mass is 16.2. The van der Waals surface area contributed by atoms with Gasteiger partial charge in [-0.25, -0.2) is 9.89 Å². The van der Waals surface area contributed by atoms with Crippen molar-refractivity contribution in [3.63, 3.8) is 0 Å². The number of fused-ring (bicyclic) bond motifs is 1. The van der Waals surface area contributed by atoms with Gasteiger partial charge in [-0.3, -0.25) is 14.3 Å². The van der Waals surface area contributed by atoms with Crippen LogP contribution in [0.15, 0.2) is 47.3 Å². The number of anilines is 1. The Morgan fingerprint density at radius 1 is 1.05 bits per heavy atom. The number of H-pyrrole nitrogens is 1. The molecule has 0 spiro atoms. The SMILES string of the molecule is CCc1cc(NC(=O)c2nn(C3CCN(C(=O)NC(C)(C)C)CC3)c3ccccc23)ccc1-c1n[nH]c(=O)c(C)c1C. The van der Waals surface area contributed by atoms with E-state index in [1.54, 1.807) is 6.92 Å². The Morgan fingerprint density at radius 3 is 2.45 bits per heavy atom. The van der Waals surface area contributed by atoms with Gasteiger partial charge in [0, 0.05) is 40.8 Å². The first-order chi connectivity index (χ1) is 20.0. The van der Waals surface area contributed by atoms with E-state index in [2.05, 4.69) is 20.8 Å². The van der Waals surface area contributed by atoms with Crippen molar-refractivity contribution in [1.82, 2.24) is 30.2 Å². The van der Waals surface area contributed by atoms with Crippen LogP contribution in [-0.4, -0.2) is 55.4 Å². The van der Waals surface area contributed by atoms with Gasteiger partial charge in [-0.1, -0.05) is 31.2 Å². The Bertz CT molecular complexity index is 1710. The van der Waals surface area contributed by atoms with Gasteiger partial charge in [-0.05, 0) is 83.2 Å². The molecule has 5 rings (SSSR count). The number of amides is 3.